The Morgan fingerprint density at radius 2 is 1.95 bits per heavy atom. The van der Waals surface area contributed by atoms with Crippen LogP contribution in [0.1, 0.15) is 5.56 Å². The van der Waals surface area contributed by atoms with Crippen LogP contribution in [0.5, 0.6) is 0 Å². The first-order chi connectivity index (χ1) is 10.3. The zero-order valence-electron chi connectivity index (χ0n) is 11.6. The van der Waals surface area contributed by atoms with Crippen molar-refractivity contribution in [2.24, 2.45) is 0 Å². The number of nitrogens with zero attached hydrogens (tertiary/aromatic N) is 1. The molecular weight excluding hydrogens is 280 g/mol. The fourth-order valence-corrected chi connectivity index (χ4v) is 4.32. The SMILES string of the molecule is O=C1CNc2ccccc2N1CC1Cc2ccccc2S1. The standard InChI is InChI=1S/C17H16N2OS/c20-17-10-18-14-6-2-3-7-15(14)19(17)11-13-9-12-5-1-4-8-16(12)21-13/h1-8,13,18H,9-11H2. The Morgan fingerprint density at radius 1 is 1.14 bits per heavy atom. The van der Waals surface area contributed by atoms with Gasteiger partial charge in [-0.25, -0.2) is 0 Å². The van der Waals surface area contributed by atoms with Crippen LogP contribution in [0.3, 0.4) is 0 Å². The van der Waals surface area contributed by atoms with E-state index in [2.05, 4.69) is 29.6 Å². The summed E-state index contributed by atoms with van der Waals surface area (Å²) in [5.41, 5.74) is 3.46. The van der Waals surface area contributed by atoms with E-state index in [0.717, 1.165) is 24.3 Å². The van der Waals surface area contributed by atoms with E-state index in [1.807, 2.05) is 40.9 Å². The van der Waals surface area contributed by atoms with Gasteiger partial charge < -0.3 is 10.2 Å². The van der Waals surface area contributed by atoms with Crippen LogP contribution in [0.25, 0.3) is 0 Å². The van der Waals surface area contributed by atoms with Crippen LogP contribution in [0.15, 0.2) is 53.4 Å². The molecule has 0 saturated heterocycles. The number of thioether (sulfide) groups is 1. The Morgan fingerprint density at radius 3 is 2.86 bits per heavy atom. The number of benzene rings is 2. The minimum atomic E-state index is 0.158. The number of rotatable bonds is 2. The molecule has 2 aliphatic heterocycles. The molecule has 1 N–H and O–H groups in total. The number of carbonyl (C=O) groups is 1. The number of nitrogens with one attached hydrogen (secondary N) is 1. The lowest BCUT2D eigenvalue weighted by molar-refractivity contribution is -0.117. The number of para-hydroxylation sites is 2. The van der Waals surface area contributed by atoms with E-state index >= 15 is 0 Å². The van der Waals surface area contributed by atoms with Crippen molar-refractivity contribution in [1.29, 1.82) is 0 Å². The van der Waals surface area contributed by atoms with Crippen molar-refractivity contribution in [3.8, 4) is 0 Å². The van der Waals surface area contributed by atoms with Gasteiger partial charge in [0.2, 0.25) is 5.91 Å². The summed E-state index contributed by atoms with van der Waals surface area (Å²) in [5.74, 6) is 0.158. The zero-order valence-corrected chi connectivity index (χ0v) is 12.4. The minimum absolute atomic E-state index is 0.158. The van der Waals surface area contributed by atoms with Crippen LogP contribution in [-0.4, -0.2) is 24.2 Å². The van der Waals surface area contributed by atoms with E-state index in [1.165, 1.54) is 10.5 Å². The Labute approximate surface area is 128 Å². The first kappa shape index (κ1) is 12.8. The molecule has 21 heavy (non-hydrogen) atoms. The molecule has 0 aliphatic carbocycles. The maximum atomic E-state index is 12.3. The zero-order chi connectivity index (χ0) is 14.2. The number of hydrogen-bond donors (Lipinski definition) is 1. The first-order valence-corrected chi connectivity index (χ1v) is 8.07. The van der Waals surface area contributed by atoms with E-state index in [4.69, 9.17) is 0 Å². The summed E-state index contributed by atoms with van der Waals surface area (Å²) in [6, 6.07) is 16.6. The molecule has 1 unspecified atom stereocenters. The molecule has 106 valence electrons. The maximum absolute atomic E-state index is 12.3. The quantitative estimate of drug-likeness (QED) is 0.924. The number of carbonyl (C=O) groups excluding carboxylic acids is 1. The van der Waals surface area contributed by atoms with Crippen molar-refractivity contribution in [3.63, 3.8) is 0 Å². The van der Waals surface area contributed by atoms with E-state index in [9.17, 15) is 4.79 Å². The minimum Gasteiger partial charge on any atom is -0.374 e. The average molecular weight is 296 g/mol. The molecule has 0 bridgehead atoms. The predicted molar refractivity (Wildman–Crippen MR) is 87.1 cm³/mol. The van der Waals surface area contributed by atoms with Gasteiger partial charge >= 0.3 is 0 Å². The second-order valence-corrected chi connectivity index (χ2v) is 6.77. The van der Waals surface area contributed by atoms with Crippen LogP contribution in [0.2, 0.25) is 0 Å². The molecule has 0 fully saturated rings. The third-order valence-electron chi connectivity index (χ3n) is 4.03. The highest BCUT2D eigenvalue weighted by Crippen LogP contribution is 2.38. The largest absolute Gasteiger partial charge is 0.374 e. The molecule has 4 rings (SSSR count). The van der Waals surface area contributed by atoms with Crippen molar-refractivity contribution in [1.82, 2.24) is 0 Å². The van der Waals surface area contributed by atoms with Crippen molar-refractivity contribution < 1.29 is 4.79 Å². The third kappa shape index (κ3) is 2.29. The van der Waals surface area contributed by atoms with Gasteiger partial charge in [-0.15, -0.1) is 11.8 Å². The second kappa shape index (κ2) is 5.11. The maximum Gasteiger partial charge on any atom is 0.246 e. The van der Waals surface area contributed by atoms with Gasteiger partial charge in [0.05, 0.1) is 17.9 Å². The average Bonchev–Trinajstić information content (AvgIpc) is 2.92. The van der Waals surface area contributed by atoms with Gasteiger partial charge in [-0.1, -0.05) is 30.3 Å². The molecule has 2 aliphatic rings. The topological polar surface area (TPSA) is 32.3 Å². The monoisotopic (exact) mass is 296 g/mol. The molecule has 2 heterocycles. The van der Waals surface area contributed by atoms with Gasteiger partial charge in [-0.3, -0.25) is 4.79 Å². The van der Waals surface area contributed by atoms with Gasteiger partial charge in [0.25, 0.3) is 0 Å². The predicted octanol–water partition coefficient (Wildman–Crippen LogP) is 3.16. The Kier molecular flexibility index (Phi) is 3.11. The van der Waals surface area contributed by atoms with Gasteiger partial charge in [-0.05, 0) is 30.2 Å². The van der Waals surface area contributed by atoms with E-state index in [0.29, 0.717) is 11.8 Å². The third-order valence-corrected chi connectivity index (χ3v) is 5.33. The Bertz CT molecular complexity index is 676. The van der Waals surface area contributed by atoms with Crippen molar-refractivity contribution in [3.05, 3.63) is 54.1 Å². The van der Waals surface area contributed by atoms with Crippen LogP contribution in [0, 0.1) is 0 Å². The van der Waals surface area contributed by atoms with Crippen molar-refractivity contribution >= 4 is 29.0 Å². The molecule has 1 atom stereocenters. The van der Waals surface area contributed by atoms with Gasteiger partial charge in [0.1, 0.15) is 0 Å². The Hall–Kier alpha value is -1.94. The molecule has 0 radical (unpaired) electrons. The molecule has 3 nitrogen and oxygen atoms in total. The van der Waals surface area contributed by atoms with Gasteiger partial charge in [0, 0.05) is 16.7 Å². The number of fused-ring (bicyclic) bond motifs is 2. The summed E-state index contributed by atoms with van der Waals surface area (Å²) in [4.78, 5) is 15.6. The lowest BCUT2D eigenvalue weighted by atomic mass is 10.1. The fourth-order valence-electron chi connectivity index (χ4n) is 3.02. The van der Waals surface area contributed by atoms with Crippen molar-refractivity contribution in [2.75, 3.05) is 23.3 Å². The summed E-state index contributed by atoms with van der Waals surface area (Å²) >= 11 is 1.89. The number of anilines is 2. The van der Waals surface area contributed by atoms with Crippen LogP contribution in [-0.2, 0) is 11.2 Å². The van der Waals surface area contributed by atoms with Gasteiger partial charge in [-0.2, -0.15) is 0 Å². The molecule has 0 saturated carbocycles. The molecular formula is C17H16N2OS. The fraction of sp³-hybridized carbons (Fsp3) is 0.235. The summed E-state index contributed by atoms with van der Waals surface area (Å²) in [6.45, 7) is 1.16. The molecule has 2 aromatic carbocycles. The first-order valence-electron chi connectivity index (χ1n) is 7.19. The van der Waals surface area contributed by atoms with E-state index in [-0.39, 0.29) is 5.91 Å². The highest BCUT2D eigenvalue weighted by molar-refractivity contribution is 8.00. The summed E-state index contributed by atoms with van der Waals surface area (Å²) in [7, 11) is 0. The molecule has 0 aromatic heterocycles. The molecule has 4 heteroatoms. The molecule has 1 amide bonds. The van der Waals surface area contributed by atoms with Crippen molar-refractivity contribution in [2.45, 2.75) is 16.6 Å². The number of amides is 1. The van der Waals surface area contributed by atoms with Gasteiger partial charge in [0.15, 0.2) is 0 Å². The molecule has 2 aromatic rings. The highest BCUT2D eigenvalue weighted by atomic mass is 32.2. The van der Waals surface area contributed by atoms with Crippen LogP contribution in [0.4, 0.5) is 11.4 Å². The van der Waals surface area contributed by atoms with E-state index < -0.39 is 0 Å². The smallest absolute Gasteiger partial charge is 0.246 e. The number of hydrogen-bond acceptors (Lipinski definition) is 3. The van der Waals surface area contributed by atoms with Crippen LogP contribution < -0.4 is 10.2 Å². The lowest BCUT2D eigenvalue weighted by Crippen LogP contribution is -2.43. The normalized spacial score (nSPS) is 19.9. The summed E-state index contributed by atoms with van der Waals surface area (Å²) in [5, 5.41) is 3.63. The second-order valence-electron chi connectivity index (χ2n) is 5.43. The highest BCUT2D eigenvalue weighted by Gasteiger charge is 2.29. The van der Waals surface area contributed by atoms with E-state index in [1.54, 1.807) is 0 Å². The summed E-state index contributed by atoms with van der Waals surface area (Å²) < 4.78 is 0. The van der Waals surface area contributed by atoms with Crippen LogP contribution >= 0.6 is 11.8 Å². The Balaban J connectivity index is 1.57. The lowest BCUT2D eigenvalue weighted by Gasteiger charge is -2.31. The summed E-state index contributed by atoms with van der Waals surface area (Å²) in [6.07, 6.45) is 1.04. The molecule has 0 spiro atoms.